The number of carbonyl (C=O) groups excluding carboxylic acids is 1. The second-order valence-corrected chi connectivity index (χ2v) is 5.92. The molecule has 1 N–H and O–H groups in total. The van der Waals surface area contributed by atoms with Crippen LogP contribution in [0.15, 0.2) is 42.5 Å². The number of nitrogens with zero attached hydrogens (tertiary/aromatic N) is 2. The highest BCUT2D eigenvalue weighted by Crippen LogP contribution is 2.27. The molecule has 4 nitrogen and oxygen atoms in total. The standard InChI is InChI=1S/C17H15Cl2N3O/c1-2-10-22-14-9-4-3-8-13(14)20-17(22)21-16(23)11-6-5-7-12(18)15(11)19/h3-9H,2,10H2,1H3,(H,20,21,23). The highest BCUT2D eigenvalue weighted by atomic mass is 35.5. The van der Waals surface area contributed by atoms with Gasteiger partial charge in [0.05, 0.1) is 26.6 Å². The first-order valence-corrected chi connectivity index (χ1v) is 8.08. The lowest BCUT2D eigenvalue weighted by Crippen LogP contribution is -2.16. The number of rotatable bonds is 4. The molecule has 0 aliphatic heterocycles. The molecular formula is C17H15Cl2N3O. The predicted octanol–water partition coefficient (Wildman–Crippen LogP) is 5.01. The van der Waals surface area contributed by atoms with E-state index in [-0.39, 0.29) is 10.9 Å². The largest absolute Gasteiger partial charge is 0.310 e. The number of benzene rings is 2. The van der Waals surface area contributed by atoms with Crippen molar-refractivity contribution in [1.29, 1.82) is 0 Å². The third kappa shape index (κ3) is 3.05. The van der Waals surface area contributed by atoms with Crippen LogP contribution >= 0.6 is 23.2 Å². The Morgan fingerprint density at radius 1 is 1.17 bits per heavy atom. The first kappa shape index (κ1) is 15.8. The highest BCUT2D eigenvalue weighted by Gasteiger charge is 2.16. The number of carbonyl (C=O) groups is 1. The maximum absolute atomic E-state index is 12.5. The molecule has 1 heterocycles. The summed E-state index contributed by atoms with van der Waals surface area (Å²) in [6.07, 6.45) is 0.932. The Labute approximate surface area is 144 Å². The molecule has 0 aliphatic rings. The van der Waals surface area contributed by atoms with Crippen LogP contribution in [-0.4, -0.2) is 15.5 Å². The van der Waals surface area contributed by atoms with Crippen LogP contribution in [0.3, 0.4) is 0 Å². The summed E-state index contributed by atoms with van der Waals surface area (Å²) in [5.41, 5.74) is 2.16. The summed E-state index contributed by atoms with van der Waals surface area (Å²) < 4.78 is 1.99. The van der Waals surface area contributed by atoms with Crippen molar-refractivity contribution in [3.8, 4) is 0 Å². The molecule has 118 valence electrons. The normalized spacial score (nSPS) is 10.9. The zero-order valence-electron chi connectivity index (χ0n) is 12.5. The van der Waals surface area contributed by atoms with Crippen LogP contribution in [0.1, 0.15) is 23.7 Å². The second-order valence-electron chi connectivity index (χ2n) is 5.13. The third-order valence-electron chi connectivity index (χ3n) is 3.52. The predicted molar refractivity (Wildman–Crippen MR) is 94.4 cm³/mol. The molecule has 0 saturated carbocycles. The Morgan fingerprint density at radius 3 is 2.74 bits per heavy atom. The van der Waals surface area contributed by atoms with Crippen LogP contribution in [0.25, 0.3) is 11.0 Å². The molecule has 0 fully saturated rings. The van der Waals surface area contributed by atoms with Gasteiger partial charge in [-0.1, -0.05) is 48.3 Å². The number of halogens is 2. The summed E-state index contributed by atoms with van der Waals surface area (Å²) in [5.74, 6) is 0.180. The average Bonchev–Trinajstić information content (AvgIpc) is 2.88. The number of aryl methyl sites for hydroxylation is 1. The first-order chi connectivity index (χ1) is 11.1. The van der Waals surface area contributed by atoms with Gasteiger partial charge in [0.15, 0.2) is 0 Å². The van der Waals surface area contributed by atoms with Gasteiger partial charge in [0.25, 0.3) is 5.91 Å². The fourth-order valence-electron chi connectivity index (χ4n) is 2.47. The van der Waals surface area contributed by atoms with Gasteiger partial charge >= 0.3 is 0 Å². The highest BCUT2D eigenvalue weighted by molar-refractivity contribution is 6.44. The second kappa shape index (κ2) is 6.60. The quantitative estimate of drug-likeness (QED) is 0.721. The van der Waals surface area contributed by atoms with Gasteiger partial charge in [-0.2, -0.15) is 0 Å². The SMILES string of the molecule is CCCn1c(NC(=O)c2cccc(Cl)c2Cl)nc2ccccc21. The smallest absolute Gasteiger partial charge is 0.259 e. The molecule has 2 aromatic carbocycles. The summed E-state index contributed by atoms with van der Waals surface area (Å²) in [6.45, 7) is 2.84. The Bertz CT molecular complexity index is 873. The van der Waals surface area contributed by atoms with Gasteiger partial charge in [0.2, 0.25) is 5.95 Å². The van der Waals surface area contributed by atoms with Gasteiger partial charge in [-0.3, -0.25) is 10.1 Å². The summed E-state index contributed by atoms with van der Waals surface area (Å²) in [6, 6.07) is 12.8. The lowest BCUT2D eigenvalue weighted by Gasteiger charge is -2.10. The Morgan fingerprint density at radius 2 is 1.96 bits per heavy atom. The lowest BCUT2D eigenvalue weighted by molar-refractivity contribution is 0.102. The molecule has 6 heteroatoms. The van der Waals surface area contributed by atoms with Crippen molar-refractivity contribution in [1.82, 2.24) is 9.55 Å². The van der Waals surface area contributed by atoms with E-state index in [4.69, 9.17) is 23.2 Å². The lowest BCUT2D eigenvalue weighted by atomic mass is 10.2. The molecule has 0 saturated heterocycles. The maximum atomic E-state index is 12.5. The van der Waals surface area contributed by atoms with E-state index >= 15 is 0 Å². The van der Waals surface area contributed by atoms with E-state index in [1.54, 1.807) is 18.2 Å². The van der Waals surface area contributed by atoms with Crippen molar-refractivity contribution in [3.63, 3.8) is 0 Å². The zero-order chi connectivity index (χ0) is 16.4. The van der Waals surface area contributed by atoms with Crippen LogP contribution in [0.5, 0.6) is 0 Å². The molecule has 3 rings (SSSR count). The fraction of sp³-hybridized carbons (Fsp3) is 0.176. The van der Waals surface area contributed by atoms with Gasteiger partial charge in [-0.25, -0.2) is 4.98 Å². The van der Waals surface area contributed by atoms with Crippen molar-refractivity contribution in [2.75, 3.05) is 5.32 Å². The Kier molecular flexibility index (Phi) is 4.55. The number of imidazole rings is 1. The number of anilines is 1. The maximum Gasteiger partial charge on any atom is 0.259 e. The summed E-state index contributed by atoms with van der Waals surface area (Å²) >= 11 is 12.1. The fourth-order valence-corrected chi connectivity index (χ4v) is 2.86. The molecule has 3 aromatic rings. The minimum Gasteiger partial charge on any atom is -0.310 e. The van der Waals surface area contributed by atoms with Crippen molar-refractivity contribution in [3.05, 3.63) is 58.1 Å². The van der Waals surface area contributed by atoms with Crippen molar-refractivity contribution >= 4 is 46.1 Å². The van der Waals surface area contributed by atoms with Crippen molar-refractivity contribution < 1.29 is 4.79 Å². The number of hydrogen-bond donors (Lipinski definition) is 1. The van der Waals surface area contributed by atoms with Crippen LogP contribution < -0.4 is 5.32 Å². The molecule has 0 spiro atoms. The summed E-state index contributed by atoms with van der Waals surface area (Å²) in [7, 11) is 0. The first-order valence-electron chi connectivity index (χ1n) is 7.32. The molecule has 0 aliphatic carbocycles. The number of para-hydroxylation sites is 2. The molecule has 0 atom stereocenters. The molecule has 23 heavy (non-hydrogen) atoms. The molecule has 1 amide bonds. The van der Waals surface area contributed by atoms with E-state index in [0.29, 0.717) is 16.5 Å². The van der Waals surface area contributed by atoms with Gasteiger partial charge in [0.1, 0.15) is 0 Å². The average molecular weight is 348 g/mol. The van der Waals surface area contributed by atoms with Crippen LogP contribution in [0.2, 0.25) is 10.0 Å². The number of amides is 1. The Balaban J connectivity index is 1.99. The number of hydrogen-bond acceptors (Lipinski definition) is 2. The molecule has 0 bridgehead atoms. The van der Waals surface area contributed by atoms with E-state index in [1.807, 2.05) is 28.8 Å². The summed E-state index contributed by atoms with van der Waals surface area (Å²) in [5, 5.41) is 3.43. The van der Waals surface area contributed by atoms with Gasteiger partial charge in [0, 0.05) is 6.54 Å². The van der Waals surface area contributed by atoms with Crippen LogP contribution in [-0.2, 0) is 6.54 Å². The van der Waals surface area contributed by atoms with E-state index in [9.17, 15) is 4.79 Å². The molecule has 0 unspecified atom stereocenters. The molecule has 0 radical (unpaired) electrons. The molecule has 1 aromatic heterocycles. The molecular weight excluding hydrogens is 333 g/mol. The minimum absolute atomic E-state index is 0.241. The zero-order valence-corrected chi connectivity index (χ0v) is 14.0. The van der Waals surface area contributed by atoms with Crippen LogP contribution in [0.4, 0.5) is 5.95 Å². The van der Waals surface area contributed by atoms with E-state index in [1.165, 1.54) is 0 Å². The van der Waals surface area contributed by atoms with E-state index < -0.39 is 0 Å². The number of fused-ring (bicyclic) bond motifs is 1. The van der Waals surface area contributed by atoms with Crippen molar-refractivity contribution in [2.45, 2.75) is 19.9 Å². The third-order valence-corrected chi connectivity index (χ3v) is 4.34. The number of nitrogens with one attached hydrogen (secondary N) is 1. The topological polar surface area (TPSA) is 46.9 Å². The minimum atomic E-state index is -0.329. The van der Waals surface area contributed by atoms with Gasteiger partial charge in [-0.15, -0.1) is 0 Å². The number of aromatic nitrogens is 2. The van der Waals surface area contributed by atoms with Crippen LogP contribution in [0, 0.1) is 0 Å². The summed E-state index contributed by atoms with van der Waals surface area (Å²) in [4.78, 5) is 17.0. The van der Waals surface area contributed by atoms with E-state index in [2.05, 4.69) is 17.2 Å². The Hall–Kier alpha value is -2.04. The monoisotopic (exact) mass is 347 g/mol. The van der Waals surface area contributed by atoms with Gasteiger partial charge < -0.3 is 4.57 Å². The van der Waals surface area contributed by atoms with Gasteiger partial charge in [-0.05, 0) is 30.7 Å². The van der Waals surface area contributed by atoms with Crippen molar-refractivity contribution in [2.24, 2.45) is 0 Å². The van der Waals surface area contributed by atoms with E-state index in [0.717, 1.165) is 24.0 Å².